The molecule has 3 saturated heterocycles. The highest BCUT2D eigenvalue weighted by Crippen LogP contribution is 2.40. The Morgan fingerprint density at radius 3 is 1.44 bits per heavy atom. The van der Waals surface area contributed by atoms with E-state index >= 15 is 0 Å². The molecule has 87 heavy (non-hydrogen) atoms. The van der Waals surface area contributed by atoms with Gasteiger partial charge in [0.1, 0.15) is 34.5 Å². The molecule has 9 aromatic rings. The first-order chi connectivity index (χ1) is 41.6. The lowest BCUT2D eigenvalue weighted by atomic mass is 9.81. The predicted molar refractivity (Wildman–Crippen MR) is 329 cm³/mol. The van der Waals surface area contributed by atoms with Crippen LogP contribution in [0.25, 0.3) is 67.3 Å². The van der Waals surface area contributed by atoms with E-state index in [1.54, 1.807) is 48.8 Å². The zero-order valence-corrected chi connectivity index (χ0v) is 49.7. The molecule has 4 atom stereocenters. The van der Waals surface area contributed by atoms with Gasteiger partial charge in [0.25, 0.3) is 0 Å². The van der Waals surface area contributed by atoms with Gasteiger partial charge < -0.3 is 14.7 Å². The molecule has 466 valence electrons. The normalized spacial score (nSPS) is 18.6. The second kappa shape index (κ2) is 26.3. The fraction of sp³-hybridized carbons (Fsp3) is 0.414. The maximum atomic E-state index is 14.6. The molecule has 29 heteroatoms. The summed E-state index contributed by atoms with van der Waals surface area (Å²) in [6, 6.07) is 21.6. The summed E-state index contributed by atoms with van der Waals surface area (Å²) in [5, 5.41) is 32.0. The van der Waals surface area contributed by atoms with Crippen LogP contribution >= 0.6 is 0 Å². The monoisotopic (exact) mass is 1240 g/mol. The first kappa shape index (κ1) is 61.7. The Hall–Kier alpha value is -8.33. The third-order valence-corrected chi connectivity index (χ3v) is 16.9. The third-order valence-electron chi connectivity index (χ3n) is 15.5. The fourth-order valence-electron chi connectivity index (χ4n) is 11.4. The van der Waals surface area contributed by atoms with Crippen LogP contribution in [-0.4, -0.2) is 142 Å². The van der Waals surface area contributed by atoms with Crippen molar-refractivity contribution in [2.24, 2.45) is 29.6 Å². The molecule has 12 heterocycles. The van der Waals surface area contributed by atoms with E-state index in [0.29, 0.717) is 88.8 Å². The smallest absolute Gasteiger partial charge is 0.356 e. The fourth-order valence-corrected chi connectivity index (χ4v) is 12.5. The summed E-state index contributed by atoms with van der Waals surface area (Å²) >= 11 is 0. The number of hydrogen-bond donors (Lipinski definition) is 5. The van der Waals surface area contributed by atoms with Gasteiger partial charge in [0.15, 0.2) is 28.6 Å². The average molecular weight is 1250 g/mol. The van der Waals surface area contributed by atoms with E-state index in [1.807, 2.05) is 17.0 Å². The van der Waals surface area contributed by atoms with Crippen LogP contribution in [0.3, 0.4) is 0 Å². The highest BCUT2D eigenvalue weighted by atomic mass is 32.2. The Balaban J connectivity index is 0.000000213. The van der Waals surface area contributed by atoms with Crippen LogP contribution in [-0.2, 0) is 26.2 Å². The molecule has 12 rings (SSSR count). The number of aromatic amines is 3. The van der Waals surface area contributed by atoms with Gasteiger partial charge in [0.05, 0.1) is 47.1 Å². The van der Waals surface area contributed by atoms with Crippen LogP contribution in [0.2, 0.25) is 0 Å². The number of sulfonamides is 2. The molecular weight excluding hydrogens is 1170 g/mol. The van der Waals surface area contributed by atoms with E-state index in [1.165, 1.54) is 24.4 Å². The summed E-state index contributed by atoms with van der Waals surface area (Å²) in [7, 11) is -6.53. The van der Waals surface area contributed by atoms with E-state index in [2.05, 4.69) is 99.7 Å². The number of rotatable bonds is 14. The molecule has 9 aromatic heterocycles. The van der Waals surface area contributed by atoms with Crippen molar-refractivity contribution < 1.29 is 44.5 Å². The minimum Gasteiger partial charge on any atom is -0.356 e. The Labute approximate surface area is 504 Å². The molecule has 0 saturated carbocycles. The largest absolute Gasteiger partial charge is 0.418 e. The number of nitrogens with one attached hydrogen (secondary N) is 5. The molecule has 0 bridgehead atoms. The SMILES string of the molecule is CC(C)CC1CN(c2ccc(F)c(-c3[nH]nc4ncccc34)n2)CCC1C#N.CS(=O)(=O)NCC1CCCN(c2ccc(C(F)(F)F)c(-c3[nH]nc4ncccc34)n2)C1.CS(=O)(=O)NCC1CCCN(c2ccc(F)c(-c3[nH]nc4ncccc34)n2)C1.[HH].[HH].[HH].[HH]. The Kier molecular flexibility index (Phi) is 18.7. The zero-order valence-electron chi connectivity index (χ0n) is 48.1. The summed E-state index contributed by atoms with van der Waals surface area (Å²) < 4.78 is 121. The predicted octanol–water partition coefficient (Wildman–Crippen LogP) is 9.88. The number of piperidine rings is 3. The Bertz CT molecular complexity index is 4180. The lowest BCUT2D eigenvalue weighted by molar-refractivity contribution is -0.137. The van der Waals surface area contributed by atoms with Gasteiger partial charge in [0, 0.05) is 92.8 Å². The molecule has 22 nitrogen and oxygen atoms in total. The molecule has 3 fully saturated rings. The number of anilines is 3. The van der Waals surface area contributed by atoms with E-state index in [4.69, 9.17) is 0 Å². The number of fused-ring (bicyclic) bond motifs is 3. The van der Waals surface area contributed by atoms with Crippen molar-refractivity contribution in [2.45, 2.75) is 58.5 Å². The molecule has 0 amide bonds. The molecule has 4 unspecified atom stereocenters. The topological polar surface area (TPSA) is 289 Å². The number of halogens is 5. The highest BCUT2D eigenvalue weighted by Gasteiger charge is 2.37. The number of pyridine rings is 6. The number of nitrogens with zero attached hydrogens (tertiary/aromatic N) is 13. The van der Waals surface area contributed by atoms with E-state index in [-0.39, 0.29) is 52.8 Å². The van der Waals surface area contributed by atoms with Crippen molar-refractivity contribution in [1.82, 2.24) is 69.9 Å². The van der Waals surface area contributed by atoms with E-state index < -0.39 is 43.4 Å². The molecule has 0 aromatic carbocycles. The van der Waals surface area contributed by atoms with Gasteiger partial charge >= 0.3 is 6.18 Å². The van der Waals surface area contributed by atoms with Gasteiger partial charge in [0.2, 0.25) is 20.0 Å². The van der Waals surface area contributed by atoms with Crippen LogP contribution in [0.4, 0.5) is 39.4 Å². The van der Waals surface area contributed by atoms with Crippen molar-refractivity contribution in [3.8, 4) is 40.2 Å². The average Bonchev–Trinajstić information content (AvgIpc) is 1.84. The van der Waals surface area contributed by atoms with E-state index in [0.717, 1.165) is 87.9 Å². The Morgan fingerprint density at radius 2 is 1.02 bits per heavy atom. The zero-order chi connectivity index (χ0) is 61.6. The van der Waals surface area contributed by atoms with Crippen LogP contribution in [0.15, 0.2) is 91.4 Å². The first-order valence-corrected chi connectivity index (χ1v) is 32.2. The van der Waals surface area contributed by atoms with Crippen molar-refractivity contribution in [2.75, 3.05) is 79.6 Å². The summed E-state index contributed by atoms with van der Waals surface area (Å²) in [4.78, 5) is 32.1. The van der Waals surface area contributed by atoms with Gasteiger partial charge in [-0.1, -0.05) is 13.8 Å². The lowest BCUT2D eigenvalue weighted by Crippen LogP contribution is -2.41. The quantitative estimate of drug-likeness (QED) is 0.0633. The molecule has 3 aliphatic rings. The number of aromatic nitrogens is 12. The number of nitriles is 1. The van der Waals surface area contributed by atoms with Crippen LogP contribution in [0.1, 0.15) is 63.6 Å². The van der Waals surface area contributed by atoms with Crippen molar-refractivity contribution in [1.29, 1.82) is 5.26 Å². The van der Waals surface area contributed by atoms with Crippen LogP contribution < -0.4 is 24.1 Å². The number of hydrogen-bond acceptors (Lipinski definition) is 17. The van der Waals surface area contributed by atoms with Crippen molar-refractivity contribution in [3.05, 3.63) is 109 Å². The van der Waals surface area contributed by atoms with Crippen molar-refractivity contribution >= 4 is 70.6 Å². The van der Waals surface area contributed by atoms with Gasteiger partial charge in [-0.25, -0.2) is 65.0 Å². The maximum Gasteiger partial charge on any atom is 0.418 e. The van der Waals surface area contributed by atoms with Crippen LogP contribution in [0.5, 0.6) is 0 Å². The summed E-state index contributed by atoms with van der Waals surface area (Å²) in [5.41, 5.74) is 1.88. The molecule has 3 aliphatic heterocycles. The second-order valence-electron chi connectivity index (χ2n) is 22.5. The van der Waals surface area contributed by atoms with Crippen LogP contribution in [0, 0.1) is 52.6 Å². The molecular formula is C58H73F5N18O4S2. The van der Waals surface area contributed by atoms with E-state index in [9.17, 15) is 44.0 Å². The number of H-pyrrole nitrogens is 3. The minimum absolute atomic E-state index is 0. The number of alkyl halides is 3. The summed E-state index contributed by atoms with van der Waals surface area (Å²) in [6.45, 7) is 9.10. The van der Waals surface area contributed by atoms with Gasteiger partial charge in [-0.2, -0.15) is 33.7 Å². The van der Waals surface area contributed by atoms with Gasteiger partial charge in [-0.3, -0.25) is 15.3 Å². The van der Waals surface area contributed by atoms with Gasteiger partial charge in [-0.15, -0.1) is 0 Å². The molecule has 0 radical (unpaired) electrons. The minimum atomic E-state index is -4.59. The highest BCUT2D eigenvalue weighted by molar-refractivity contribution is 7.89. The standard InChI is InChI=1S/C21H23FN6.C19H21F3N6O2S.C18H21FN6O2S.4H2/c1-13(2)10-15-12-28(9-7-14(15)11-23)18-6-5-17(22)20(25-18)19-16-4-3-8-24-21(16)27-26-19;1-31(29,30)24-10-12-4-3-9-28(11-12)15-7-6-14(19(20,21)22)17(25-15)16-13-5-2-8-23-18(13)27-26-16;1-28(26,27)21-10-12-4-3-9-25(11-12)15-7-6-14(19)17(22-15)16-13-5-2-8-20-18(13)24-23-16;;;;/h3-6,8,13-15H,7,9-10,12H2,1-2H3,(H,24,26,27);2,5-8,12,24H,3-4,9-11H2,1H3,(H,23,26,27);2,5-8,12,21H,3-4,9-11H2,1H3,(H,20,23,24);4*1H. The maximum absolute atomic E-state index is 14.6. The first-order valence-electron chi connectivity index (χ1n) is 28.4. The second-order valence-corrected chi connectivity index (χ2v) is 26.2. The molecule has 0 aliphatic carbocycles. The molecule has 0 spiro atoms. The van der Waals surface area contributed by atoms with Crippen molar-refractivity contribution in [3.63, 3.8) is 0 Å². The van der Waals surface area contributed by atoms with Gasteiger partial charge in [-0.05, 0) is 135 Å². The lowest BCUT2D eigenvalue weighted by Gasteiger charge is -2.37. The molecule has 5 N–H and O–H groups in total. The Morgan fingerprint density at radius 1 is 0.609 bits per heavy atom. The summed E-state index contributed by atoms with van der Waals surface area (Å²) in [6.07, 6.45) is 7.72. The third kappa shape index (κ3) is 15.1. The summed E-state index contributed by atoms with van der Waals surface area (Å²) in [5.74, 6) is 2.06.